The Bertz CT molecular complexity index is 125. The summed E-state index contributed by atoms with van der Waals surface area (Å²) in [5.74, 6) is 0. The van der Waals surface area contributed by atoms with Crippen LogP contribution in [-0.2, 0) is 0 Å². The third-order valence-electron chi connectivity index (χ3n) is 0. The Morgan fingerprint density at radius 2 is 0.158 bits per heavy atom. The second kappa shape index (κ2) is 109. The van der Waals surface area contributed by atoms with Gasteiger partial charge in [-0.05, 0) is 0 Å². The third kappa shape index (κ3) is 204000. The number of hydrogen-bond donors (Lipinski definition) is 21. The zero-order chi connectivity index (χ0) is 25.0. The Kier molecular flexibility index (Phi) is 342. The largest absolute Gasteiger partial charge is 0.631 e. The van der Waals surface area contributed by atoms with Crippen LogP contribution in [0.2, 0.25) is 0 Å². The molecular formula is H40B7ClO30. The molecule has 0 bridgehead atoms. The van der Waals surface area contributed by atoms with Gasteiger partial charge in [0.2, 0.25) is 0 Å². The van der Waals surface area contributed by atoms with E-state index in [1.165, 1.54) is 0 Å². The molecule has 0 saturated heterocycles. The average Bonchev–Trinajstić information content (AvgIpc) is 2.20. The molecule has 39 N–H and O–H groups in total. The Morgan fingerprint density at radius 3 is 0.158 bits per heavy atom. The van der Waals surface area contributed by atoms with Gasteiger partial charge in [0.1, 0.15) is 0 Å². The zero-order valence-electron chi connectivity index (χ0n) is 18.3. The highest BCUT2D eigenvalue weighted by Gasteiger charge is 1.94. The van der Waals surface area contributed by atoms with Gasteiger partial charge in [-0.15, -0.1) is 12.4 Å². The van der Waals surface area contributed by atoms with Crippen LogP contribution in [-0.4, -0.2) is 206 Å². The van der Waals surface area contributed by atoms with E-state index in [1.807, 2.05) is 0 Å². The lowest BCUT2D eigenvalue weighted by atomic mass is 10.3. The van der Waals surface area contributed by atoms with Gasteiger partial charge in [0.05, 0.1) is 0 Å². The molecule has 0 heterocycles. The summed E-state index contributed by atoms with van der Waals surface area (Å²) in [5, 5.41) is 150. The Hall–Kier alpha value is -0.455. The minimum Gasteiger partial charge on any atom is -0.412 e. The van der Waals surface area contributed by atoms with Gasteiger partial charge in [-0.25, -0.2) is 0 Å². The molecule has 0 rings (SSSR count). The topological polar surface area (TPSA) is 708 Å². The zero-order valence-corrected chi connectivity index (χ0v) is 19.2. The number of halogens is 1. The quantitative estimate of drug-likeness (QED) is 0.110. The van der Waals surface area contributed by atoms with E-state index in [9.17, 15) is 0 Å². The first-order chi connectivity index (χ1) is 12.1. The molecule has 0 aliphatic rings. The van der Waals surface area contributed by atoms with E-state index in [0.29, 0.717) is 0 Å². The molecule has 248 valence electrons. The Morgan fingerprint density at radius 1 is 0.158 bits per heavy atom. The van der Waals surface area contributed by atoms with Crippen molar-refractivity contribution in [2.45, 2.75) is 0 Å². The van der Waals surface area contributed by atoms with Crippen molar-refractivity contribution < 1.29 is 155 Å². The van der Waals surface area contributed by atoms with Crippen molar-refractivity contribution in [1.29, 1.82) is 0 Å². The van der Waals surface area contributed by atoms with E-state index in [2.05, 4.69) is 0 Å². The summed E-state index contributed by atoms with van der Waals surface area (Å²) in [7, 11) is -15.2. The van der Waals surface area contributed by atoms with Gasteiger partial charge in [-0.2, -0.15) is 0 Å². The van der Waals surface area contributed by atoms with Crippen molar-refractivity contribution in [1.82, 2.24) is 0 Å². The molecule has 0 fully saturated rings. The molecule has 0 aliphatic carbocycles. The average molecular weight is 631 g/mol. The predicted molar refractivity (Wildman–Crippen MR) is 127 cm³/mol. The maximum atomic E-state index is 7.17. The summed E-state index contributed by atoms with van der Waals surface area (Å²) in [5.41, 5.74) is 0. The first-order valence-corrected chi connectivity index (χ1v) is 5.42. The number of rotatable bonds is 0. The van der Waals surface area contributed by atoms with E-state index >= 15 is 0 Å². The van der Waals surface area contributed by atoms with Gasteiger partial charge in [0, 0.05) is 0 Å². The van der Waals surface area contributed by atoms with E-state index in [-0.39, 0.29) is 61.7 Å². The van der Waals surface area contributed by atoms with Crippen LogP contribution in [0.25, 0.3) is 0 Å². The standard InChI is InChI=1S/7BH3O3.ClH.9H2O/c7*2-1(3)4;;;;;;;;;;/h7*2-4H;1H;9*1H2. The van der Waals surface area contributed by atoms with Crippen molar-refractivity contribution in [3.8, 4) is 0 Å². The molecule has 0 amide bonds. The first kappa shape index (κ1) is 119. The maximum absolute atomic E-state index is 7.17. The molecule has 0 unspecified atom stereocenters. The van der Waals surface area contributed by atoms with Gasteiger partial charge in [-0.3, -0.25) is 0 Å². The predicted octanol–water partition coefficient (Wildman–Crippen LogP) is -21.4. The smallest absolute Gasteiger partial charge is 0.412 e. The van der Waals surface area contributed by atoms with Crippen LogP contribution in [0.4, 0.5) is 0 Å². The molecule has 0 aromatic carbocycles. The van der Waals surface area contributed by atoms with Crippen molar-refractivity contribution in [2.24, 2.45) is 0 Å². The monoisotopic (exact) mass is 632 g/mol. The second-order valence-electron chi connectivity index (χ2n) is 2.42. The van der Waals surface area contributed by atoms with E-state index in [4.69, 9.17) is 106 Å². The molecule has 0 aliphatic heterocycles. The fourth-order valence-electron chi connectivity index (χ4n) is 0. The highest BCUT2D eigenvalue weighted by Crippen LogP contribution is 1.42. The Balaban J connectivity index is -0.00000000865. The molecule has 0 saturated carbocycles. The lowest BCUT2D eigenvalue weighted by Crippen LogP contribution is -2.07. The molecule has 0 aromatic rings. The van der Waals surface area contributed by atoms with Crippen LogP contribution >= 0.6 is 12.4 Å². The van der Waals surface area contributed by atoms with Crippen LogP contribution in [0.15, 0.2) is 0 Å². The molecule has 30 nitrogen and oxygen atoms in total. The molecule has 38 heteroatoms. The summed E-state index contributed by atoms with van der Waals surface area (Å²) < 4.78 is 0. The fraction of sp³-hybridized carbons (Fsp3) is 0. The van der Waals surface area contributed by atoms with Crippen molar-refractivity contribution >= 4 is 63.7 Å². The second-order valence-corrected chi connectivity index (χ2v) is 2.42. The minimum atomic E-state index is -2.17. The van der Waals surface area contributed by atoms with Crippen molar-refractivity contribution in [3.63, 3.8) is 0 Å². The van der Waals surface area contributed by atoms with E-state index < -0.39 is 51.2 Å². The van der Waals surface area contributed by atoms with Gasteiger partial charge in [0.25, 0.3) is 0 Å². The first-order valence-electron chi connectivity index (χ1n) is 5.42. The lowest BCUT2D eigenvalue weighted by Gasteiger charge is -1.69. The number of hydrogen-bond acceptors (Lipinski definition) is 21. The molecule has 0 atom stereocenters. The molecule has 0 aromatic heterocycles. The summed E-state index contributed by atoms with van der Waals surface area (Å²) in [6, 6.07) is 0. The summed E-state index contributed by atoms with van der Waals surface area (Å²) in [6.45, 7) is 0. The van der Waals surface area contributed by atoms with Crippen molar-refractivity contribution in [2.75, 3.05) is 0 Å². The van der Waals surface area contributed by atoms with Crippen LogP contribution in [0, 0.1) is 0 Å². The van der Waals surface area contributed by atoms with Gasteiger partial charge >= 0.3 is 51.2 Å². The van der Waals surface area contributed by atoms with E-state index in [0.717, 1.165) is 0 Å². The SMILES string of the molecule is Cl.O.O.O.O.O.O.O.O.O.OB(O)O.OB(O)O.OB(O)O.OB(O)O.OB(O)O.OB(O)O.OB(O)O. The van der Waals surface area contributed by atoms with Crippen molar-refractivity contribution in [3.05, 3.63) is 0 Å². The van der Waals surface area contributed by atoms with Gasteiger partial charge in [-0.1, -0.05) is 0 Å². The molecule has 0 radical (unpaired) electrons. The van der Waals surface area contributed by atoms with E-state index in [1.54, 1.807) is 0 Å². The van der Waals surface area contributed by atoms with Crippen LogP contribution < -0.4 is 0 Å². The summed E-state index contributed by atoms with van der Waals surface area (Å²) >= 11 is 0. The van der Waals surface area contributed by atoms with Gasteiger partial charge < -0.3 is 155 Å². The Labute approximate surface area is 219 Å². The molecule has 0 spiro atoms. The highest BCUT2D eigenvalue weighted by atomic mass is 35.5. The lowest BCUT2D eigenvalue weighted by molar-refractivity contribution is 0.276. The van der Waals surface area contributed by atoms with Crippen LogP contribution in [0.5, 0.6) is 0 Å². The summed E-state index contributed by atoms with van der Waals surface area (Å²) in [4.78, 5) is 0. The van der Waals surface area contributed by atoms with Crippen LogP contribution in [0.3, 0.4) is 0 Å². The summed E-state index contributed by atoms with van der Waals surface area (Å²) in [6.07, 6.45) is 0. The minimum absolute atomic E-state index is 0. The normalized spacial score (nSPS) is 4.97. The highest BCUT2D eigenvalue weighted by molar-refractivity contribution is 6.31. The molecule has 38 heavy (non-hydrogen) atoms. The fourth-order valence-corrected chi connectivity index (χ4v) is 0. The maximum Gasteiger partial charge on any atom is 0.631 e. The third-order valence-corrected chi connectivity index (χ3v) is 0. The molecular weight excluding hydrogens is 591 g/mol. The van der Waals surface area contributed by atoms with Gasteiger partial charge in [0.15, 0.2) is 0 Å². The van der Waals surface area contributed by atoms with Crippen LogP contribution in [0.1, 0.15) is 0 Å².